The third-order valence-corrected chi connectivity index (χ3v) is 1.51. The number of halogens is 1. The van der Waals surface area contributed by atoms with E-state index in [1.807, 2.05) is 0 Å². The van der Waals surface area contributed by atoms with Crippen LogP contribution in [-0.4, -0.2) is 29.5 Å². The van der Waals surface area contributed by atoms with Crippen molar-refractivity contribution in [1.29, 1.82) is 0 Å². The highest BCUT2D eigenvalue weighted by molar-refractivity contribution is 7.80. The Kier molecular flexibility index (Phi) is 3.49. The number of nitrogens with one attached hydrogen (secondary N) is 1. The number of nitrogens with zero attached hydrogens (tertiary/aromatic N) is 1. The molecule has 0 aliphatic rings. The molecule has 0 saturated heterocycles. The number of rotatable bonds is 0. The van der Waals surface area contributed by atoms with Gasteiger partial charge in [-0.25, -0.2) is 0 Å². The highest BCUT2D eigenvalue weighted by Crippen LogP contribution is 1.91. The van der Waals surface area contributed by atoms with Gasteiger partial charge < -0.3 is 5.32 Å². The zero-order valence-corrected chi connectivity index (χ0v) is 6.71. The lowest BCUT2D eigenvalue weighted by atomic mass is 10.8. The van der Waals surface area contributed by atoms with Crippen LogP contribution in [0, 0.1) is 0 Å². The molecule has 0 aromatic heterocycles. The van der Waals surface area contributed by atoms with Crippen LogP contribution in [0.25, 0.3) is 0 Å². The SMILES string of the molecule is CNC(=S)N(C)C(=O)Cl. The van der Waals surface area contributed by atoms with E-state index in [2.05, 4.69) is 17.5 Å². The van der Waals surface area contributed by atoms with Crippen LogP contribution in [0.15, 0.2) is 0 Å². The summed E-state index contributed by atoms with van der Waals surface area (Å²) in [5.74, 6) is 0. The van der Waals surface area contributed by atoms with E-state index in [9.17, 15) is 4.79 Å². The molecule has 0 atom stereocenters. The van der Waals surface area contributed by atoms with Crippen molar-refractivity contribution in [3.63, 3.8) is 0 Å². The Bertz CT molecular complexity index is 139. The molecule has 0 heterocycles. The van der Waals surface area contributed by atoms with Gasteiger partial charge in [0, 0.05) is 14.1 Å². The van der Waals surface area contributed by atoms with Gasteiger partial charge in [-0.05, 0) is 23.8 Å². The Morgan fingerprint density at radius 3 is 2.33 bits per heavy atom. The maximum absolute atomic E-state index is 10.3. The van der Waals surface area contributed by atoms with Crippen LogP contribution in [0.1, 0.15) is 0 Å². The van der Waals surface area contributed by atoms with Crippen molar-refractivity contribution in [2.45, 2.75) is 0 Å². The highest BCUT2D eigenvalue weighted by atomic mass is 35.5. The van der Waals surface area contributed by atoms with E-state index in [-0.39, 0.29) is 0 Å². The first-order chi connectivity index (χ1) is 4.09. The van der Waals surface area contributed by atoms with Gasteiger partial charge in [0.15, 0.2) is 5.11 Å². The molecule has 0 radical (unpaired) electrons. The van der Waals surface area contributed by atoms with Crippen LogP contribution < -0.4 is 5.32 Å². The van der Waals surface area contributed by atoms with Gasteiger partial charge in [0.05, 0.1) is 0 Å². The number of carbonyl (C=O) groups excluding carboxylic acids is 1. The molecule has 5 heteroatoms. The van der Waals surface area contributed by atoms with Gasteiger partial charge in [-0.15, -0.1) is 0 Å². The van der Waals surface area contributed by atoms with E-state index in [1.165, 1.54) is 7.05 Å². The summed E-state index contributed by atoms with van der Waals surface area (Å²) < 4.78 is 0. The van der Waals surface area contributed by atoms with Gasteiger partial charge in [-0.2, -0.15) is 0 Å². The zero-order valence-electron chi connectivity index (χ0n) is 5.14. The van der Waals surface area contributed by atoms with Crippen LogP contribution in [0.4, 0.5) is 4.79 Å². The van der Waals surface area contributed by atoms with E-state index in [4.69, 9.17) is 11.6 Å². The van der Waals surface area contributed by atoms with Crippen molar-refractivity contribution >= 4 is 34.3 Å². The van der Waals surface area contributed by atoms with Crippen molar-refractivity contribution in [3.8, 4) is 0 Å². The normalized spacial score (nSPS) is 8.33. The lowest BCUT2D eigenvalue weighted by molar-refractivity contribution is 0.247. The second-order valence-corrected chi connectivity index (χ2v) is 2.08. The second kappa shape index (κ2) is 3.63. The summed E-state index contributed by atoms with van der Waals surface area (Å²) in [5.41, 5.74) is 0. The quantitative estimate of drug-likeness (QED) is 0.328. The lowest BCUT2D eigenvalue weighted by Crippen LogP contribution is -2.36. The Morgan fingerprint density at radius 2 is 2.22 bits per heavy atom. The Morgan fingerprint density at radius 1 is 1.78 bits per heavy atom. The zero-order chi connectivity index (χ0) is 7.44. The molecule has 52 valence electrons. The predicted octanol–water partition coefficient (Wildman–Crippen LogP) is 0.781. The maximum Gasteiger partial charge on any atom is 0.322 e. The van der Waals surface area contributed by atoms with Crippen molar-refractivity contribution in [1.82, 2.24) is 10.2 Å². The monoisotopic (exact) mass is 166 g/mol. The number of thiocarbonyl (C=S) groups is 1. The number of hydrogen-bond donors (Lipinski definition) is 1. The van der Waals surface area contributed by atoms with Crippen molar-refractivity contribution in [2.24, 2.45) is 0 Å². The van der Waals surface area contributed by atoms with Crippen molar-refractivity contribution < 1.29 is 4.79 Å². The van der Waals surface area contributed by atoms with Crippen LogP contribution in [0.2, 0.25) is 0 Å². The fourth-order valence-electron chi connectivity index (χ4n) is 0.248. The van der Waals surface area contributed by atoms with Gasteiger partial charge in [0.25, 0.3) is 0 Å². The average Bonchev–Trinajstić information content (AvgIpc) is 1.84. The van der Waals surface area contributed by atoms with Crippen LogP contribution >= 0.6 is 23.8 Å². The van der Waals surface area contributed by atoms with E-state index < -0.39 is 5.37 Å². The summed E-state index contributed by atoms with van der Waals surface area (Å²) in [6, 6.07) is 0. The highest BCUT2D eigenvalue weighted by Gasteiger charge is 2.06. The third-order valence-electron chi connectivity index (χ3n) is 0.782. The van der Waals surface area contributed by atoms with E-state index in [0.29, 0.717) is 5.11 Å². The minimum atomic E-state index is -0.589. The van der Waals surface area contributed by atoms with E-state index >= 15 is 0 Å². The van der Waals surface area contributed by atoms with Gasteiger partial charge in [-0.3, -0.25) is 9.69 Å². The Balaban J connectivity index is 3.88. The first kappa shape index (κ1) is 8.65. The molecule has 9 heavy (non-hydrogen) atoms. The number of carbonyl (C=O) groups is 1. The molecular weight excluding hydrogens is 160 g/mol. The number of amides is 1. The second-order valence-electron chi connectivity index (χ2n) is 1.37. The standard InChI is InChI=1S/C4H7ClN2OS/c1-6-4(9)7(2)3(5)8/h1-2H3,(H,6,9). The Hall–Kier alpha value is -0.350. The Labute approximate surface area is 64.0 Å². The molecule has 0 saturated carbocycles. The summed E-state index contributed by atoms with van der Waals surface area (Å²) in [5, 5.41) is 2.32. The lowest BCUT2D eigenvalue weighted by Gasteiger charge is -2.12. The van der Waals surface area contributed by atoms with Crippen LogP contribution in [-0.2, 0) is 0 Å². The van der Waals surface area contributed by atoms with E-state index in [1.54, 1.807) is 7.05 Å². The molecule has 0 aromatic rings. The third kappa shape index (κ3) is 2.62. The molecule has 1 amide bonds. The predicted molar refractivity (Wildman–Crippen MR) is 40.7 cm³/mol. The summed E-state index contributed by atoms with van der Waals surface area (Å²) in [6.07, 6.45) is 0. The number of hydrogen-bond acceptors (Lipinski definition) is 2. The van der Waals surface area contributed by atoms with Crippen LogP contribution in [0.3, 0.4) is 0 Å². The smallest absolute Gasteiger partial charge is 0.322 e. The fraction of sp³-hybridized carbons (Fsp3) is 0.500. The first-order valence-electron chi connectivity index (χ1n) is 2.24. The molecule has 0 aliphatic heterocycles. The first-order valence-corrected chi connectivity index (χ1v) is 3.03. The summed E-state index contributed by atoms with van der Waals surface area (Å²) in [4.78, 5) is 11.4. The fourth-order valence-corrected chi connectivity index (χ4v) is 0.465. The molecule has 0 rings (SSSR count). The summed E-state index contributed by atoms with van der Waals surface area (Å²) in [7, 11) is 3.12. The van der Waals surface area contributed by atoms with Gasteiger partial charge in [-0.1, -0.05) is 0 Å². The largest absolute Gasteiger partial charge is 0.365 e. The molecule has 0 spiro atoms. The van der Waals surface area contributed by atoms with Gasteiger partial charge >= 0.3 is 5.37 Å². The van der Waals surface area contributed by atoms with Crippen molar-refractivity contribution in [2.75, 3.05) is 14.1 Å². The van der Waals surface area contributed by atoms with Crippen molar-refractivity contribution in [3.05, 3.63) is 0 Å². The minimum absolute atomic E-state index is 0.315. The molecule has 0 unspecified atom stereocenters. The summed E-state index contributed by atoms with van der Waals surface area (Å²) in [6.45, 7) is 0. The molecule has 1 N–H and O–H groups in total. The molecule has 0 aromatic carbocycles. The minimum Gasteiger partial charge on any atom is -0.365 e. The molecule has 0 fully saturated rings. The molecule has 0 aliphatic carbocycles. The van der Waals surface area contributed by atoms with Gasteiger partial charge in [0.2, 0.25) is 0 Å². The molecule has 0 bridgehead atoms. The topological polar surface area (TPSA) is 32.3 Å². The summed E-state index contributed by atoms with van der Waals surface area (Å²) >= 11 is 9.73. The maximum atomic E-state index is 10.3. The van der Waals surface area contributed by atoms with Gasteiger partial charge in [0.1, 0.15) is 0 Å². The molecular formula is C4H7ClN2OS. The molecule has 3 nitrogen and oxygen atoms in total. The average molecular weight is 167 g/mol. The van der Waals surface area contributed by atoms with Crippen LogP contribution in [0.5, 0.6) is 0 Å². The van der Waals surface area contributed by atoms with E-state index in [0.717, 1.165) is 4.90 Å².